The van der Waals surface area contributed by atoms with Gasteiger partial charge in [-0.25, -0.2) is 0 Å². The van der Waals surface area contributed by atoms with Gasteiger partial charge in [0.05, 0.1) is 19.6 Å². The van der Waals surface area contributed by atoms with Crippen LogP contribution < -0.4 is 5.32 Å². The minimum absolute atomic E-state index is 0. The summed E-state index contributed by atoms with van der Waals surface area (Å²) in [5.41, 5.74) is 0. The number of methoxy groups -OCH3 is 1. The average Bonchev–Trinajstić information content (AvgIpc) is 3.42. The first kappa shape index (κ1) is 21.5. The van der Waals surface area contributed by atoms with Gasteiger partial charge in [0, 0.05) is 31.7 Å². The molecule has 0 aromatic heterocycles. The number of carbonyl (C=O) groups excluding carboxylic acids is 1. The molecule has 2 aliphatic rings. The highest BCUT2D eigenvalue weighted by molar-refractivity contribution is 14.0. The quantitative estimate of drug-likeness (QED) is 0.289. The number of likely N-dealkylation sites (tertiary alicyclic amines) is 1. The van der Waals surface area contributed by atoms with Crippen molar-refractivity contribution in [1.29, 1.82) is 0 Å². The number of aliphatic imine (C=N–C) groups is 1. The molecule has 1 unspecified atom stereocenters. The van der Waals surface area contributed by atoms with Crippen LogP contribution >= 0.6 is 24.0 Å². The molecule has 1 aliphatic heterocycles. The first-order valence-electron chi connectivity index (χ1n) is 8.89. The third-order valence-electron chi connectivity index (χ3n) is 4.99. The summed E-state index contributed by atoms with van der Waals surface area (Å²) in [5, 5.41) is 3.39. The van der Waals surface area contributed by atoms with E-state index in [1.54, 1.807) is 0 Å². The Balaban J connectivity index is 0.00000288. The Kier molecular flexibility index (Phi) is 9.33. The number of ether oxygens (including phenoxy) is 1. The van der Waals surface area contributed by atoms with Crippen molar-refractivity contribution < 1.29 is 9.53 Å². The van der Waals surface area contributed by atoms with Gasteiger partial charge in [-0.15, -0.1) is 24.0 Å². The Morgan fingerprint density at radius 2 is 1.96 bits per heavy atom. The summed E-state index contributed by atoms with van der Waals surface area (Å²) in [6.45, 7) is 7.73. The third-order valence-corrected chi connectivity index (χ3v) is 4.99. The predicted octanol–water partition coefficient (Wildman–Crippen LogP) is 1.94. The van der Waals surface area contributed by atoms with E-state index in [1.807, 2.05) is 0 Å². The first-order chi connectivity index (χ1) is 11.1. The molecule has 1 saturated heterocycles. The normalized spacial score (nSPS) is 20.5. The second-order valence-corrected chi connectivity index (χ2v) is 6.72. The molecule has 0 amide bonds. The number of carbonyl (C=O) groups is 1. The number of nitrogens with one attached hydrogen (secondary N) is 1. The highest BCUT2D eigenvalue weighted by Gasteiger charge is 2.30. The van der Waals surface area contributed by atoms with Crippen molar-refractivity contribution >= 4 is 35.9 Å². The van der Waals surface area contributed by atoms with Gasteiger partial charge in [0.1, 0.15) is 0 Å². The molecule has 1 heterocycles. The molecule has 0 radical (unpaired) electrons. The van der Waals surface area contributed by atoms with E-state index >= 15 is 0 Å². The zero-order valence-corrected chi connectivity index (χ0v) is 17.8. The van der Waals surface area contributed by atoms with Crippen LogP contribution in [0.1, 0.15) is 39.5 Å². The smallest absolute Gasteiger partial charge is 0.308 e. The van der Waals surface area contributed by atoms with E-state index < -0.39 is 0 Å². The molecule has 0 bridgehead atoms. The summed E-state index contributed by atoms with van der Waals surface area (Å²) in [7, 11) is 3.67. The topological polar surface area (TPSA) is 57.2 Å². The van der Waals surface area contributed by atoms with Crippen LogP contribution in [0.2, 0.25) is 0 Å². The van der Waals surface area contributed by atoms with Crippen molar-refractivity contribution in [2.45, 2.75) is 51.6 Å². The largest absolute Gasteiger partial charge is 0.469 e. The second-order valence-electron chi connectivity index (χ2n) is 6.72. The number of likely N-dealkylation sites (N-methyl/N-ethyl adjacent to an activating group) is 1. The lowest BCUT2D eigenvalue weighted by atomic mass is 9.97. The van der Waals surface area contributed by atoms with Crippen molar-refractivity contribution in [3.63, 3.8) is 0 Å². The lowest BCUT2D eigenvalue weighted by molar-refractivity contribution is -0.146. The van der Waals surface area contributed by atoms with Gasteiger partial charge in [-0.2, -0.15) is 0 Å². The fourth-order valence-corrected chi connectivity index (χ4v) is 3.11. The minimum atomic E-state index is -0.0775. The van der Waals surface area contributed by atoms with E-state index in [4.69, 9.17) is 9.73 Å². The van der Waals surface area contributed by atoms with E-state index in [1.165, 1.54) is 20.0 Å². The maximum atomic E-state index is 11.6. The summed E-state index contributed by atoms with van der Waals surface area (Å²) >= 11 is 0. The van der Waals surface area contributed by atoms with E-state index in [9.17, 15) is 4.79 Å². The van der Waals surface area contributed by atoms with Gasteiger partial charge in [0.2, 0.25) is 0 Å². The summed E-state index contributed by atoms with van der Waals surface area (Å²) in [6.07, 6.45) is 4.33. The number of esters is 1. The first-order valence-corrected chi connectivity index (χ1v) is 8.89. The van der Waals surface area contributed by atoms with E-state index in [0.29, 0.717) is 6.04 Å². The van der Waals surface area contributed by atoms with Gasteiger partial charge in [0.25, 0.3) is 0 Å². The summed E-state index contributed by atoms with van der Waals surface area (Å²) in [5.74, 6) is 0.942. The molecule has 2 fully saturated rings. The molecule has 0 aromatic carbocycles. The summed E-state index contributed by atoms with van der Waals surface area (Å²) in [4.78, 5) is 21.2. The van der Waals surface area contributed by atoms with Crippen LogP contribution in [0.15, 0.2) is 4.99 Å². The number of hydrogen-bond donors (Lipinski definition) is 1. The minimum Gasteiger partial charge on any atom is -0.469 e. The molecule has 24 heavy (non-hydrogen) atoms. The van der Waals surface area contributed by atoms with Gasteiger partial charge in [-0.3, -0.25) is 14.7 Å². The number of nitrogens with zero attached hydrogens (tertiary/aromatic N) is 3. The summed E-state index contributed by atoms with van der Waals surface area (Å²) in [6, 6.07) is 1.22. The fraction of sp³-hybridized carbons (Fsp3) is 0.882. The van der Waals surface area contributed by atoms with Crippen LogP contribution in [0.3, 0.4) is 0 Å². The highest BCUT2D eigenvalue weighted by Crippen LogP contribution is 2.27. The van der Waals surface area contributed by atoms with Crippen molar-refractivity contribution in [1.82, 2.24) is 15.1 Å². The molecular weight excluding hydrogens is 419 g/mol. The average molecular weight is 452 g/mol. The number of halogens is 1. The van der Waals surface area contributed by atoms with Crippen LogP contribution in [-0.2, 0) is 9.53 Å². The number of piperidine rings is 1. The Morgan fingerprint density at radius 3 is 2.46 bits per heavy atom. The number of hydrogen-bond acceptors (Lipinski definition) is 4. The fourth-order valence-electron chi connectivity index (χ4n) is 3.11. The van der Waals surface area contributed by atoms with Crippen molar-refractivity contribution in [3.05, 3.63) is 0 Å². The van der Waals surface area contributed by atoms with Crippen molar-refractivity contribution in [2.75, 3.05) is 40.3 Å². The molecule has 1 aliphatic carbocycles. The third kappa shape index (κ3) is 6.06. The monoisotopic (exact) mass is 452 g/mol. The van der Waals surface area contributed by atoms with Crippen LogP contribution in [0.4, 0.5) is 0 Å². The zero-order valence-electron chi connectivity index (χ0n) is 15.5. The molecule has 1 atom stereocenters. The molecule has 1 saturated carbocycles. The molecule has 0 spiro atoms. The van der Waals surface area contributed by atoms with Gasteiger partial charge < -0.3 is 15.0 Å². The van der Waals surface area contributed by atoms with Crippen LogP contribution in [0.25, 0.3) is 0 Å². The number of guanidine groups is 1. The molecule has 6 nitrogen and oxygen atoms in total. The molecular formula is C17H33IN4O2. The SMILES string of the molecule is CCNC(=NCC(C)N(C)C1CC1)N1CCC(C(=O)OC)CC1.I. The van der Waals surface area contributed by atoms with Gasteiger partial charge in [-0.1, -0.05) is 0 Å². The molecule has 140 valence electrons. The van der Waals surface area contributed by atoms with E-state index in [2.05, 4.69) is 36.0 Å². The Hall–Kier alpha value is -0.570. The van der Waals surface area contributed by atoms with Crippen molar-refractivity contribution in [2.24, 2.45) is 10.9 Å². The Bertz CT molecular complexity index is 421. The van der Waals surface area contributed by atoms with Gasteiger partial charge in [-0.05, 0) is 46.6 Å². The Morgan fingerprint density at radius 1 is 1.33 bits per heavy atom. The van der Waals surface area contributed by atoms with Gasteiger partial charge >= 0.3 is 5.97 Å². The van der Waals surface area contributed by atoms with Crippen LogP contribution in [0, 0.1) is 5.92 Å². The zero-order chi connectivity index (χ0) is 16.8. The van der Waals surface area contributed by atoms with E-state index in [0.717, 1.165) is 51.0 Å². The van der Waals surface area contributed by atoms with E-state index in [-0.39, 0.29) is 35.9 Å². The molecule has 2 rings (SSSR count). The maximum absolute atomic E-state index is 11.6. The summed E-state index contributed by atoms with van der Waals surface area (Å²) < 4.78 is 4.86. The molecule has 7 heteroatoms. The molecule has 0 aromatic rings. The lowest BCUT2D eigenvalue weighted by Gasteiger charge is -2.33. The molecule has 1 N–H and O–H groups in total. The lowest BCUT2D eigenvalue weighted by Crippen LogP contribution is -2.47. The van der Waals surface area contributed by atoms with Gasteiger partial charge in [0.15, 0.2) is 5.96 Å². The highest BCUT2D eigenvalue weighted by atomic mass is 127. The van der Waals surface area contributed by atoms with Crippen LogP contribution in [0.5, 0.6) is 0 Å². The Labute approximate surface area is 163 Å². The van der Waals surface area contributed by atoms with Crippen LogP contribution in [-0.4, -0.2) is 74.1 Å². The second kappa shape index (κ2) is 10.4. The predicted molar refractivity (Wildman–Crippen MR) is 108 cm³/mol. The van der Waals surface area contributed by atoms with Crippen molar-refractivity contribution in [3.8, 4) is 0 Å². The number of rotatable bonds is 6. The maximum Gasteiger partial charge on any atom is 0.308 e. The standard InChI is InChI=1S/C17H32N4O2.HI/c1-5-18-17(19-12-13(2)20(3)15-6-7-15)21-10-8-14(9-11-21)16(22)23-4;/h13-15H,5-12H2,1-4H3,(H,18,19);1H.